The smallest absolute Gasteiger partial charge is 0.410 e. The maximum Gasteiger partial charge on any atom is 0.410 e. The Kier molecular flexibility index (Phi) is 6.36. The van der Waals surface area contributed by atoms with Crippen LogP contribution in [0.5, 0.6) is 0 Å². The van der Waals surface area contributed by atoms with Gasteiger partial charge in [-0.3, -0.25) is 0 Å². The van der Waals surface area contributed by atoms with E-state index in [0.717, 1.165) is 19.3 Å². The second-order valence-corrected chi connectivity index (χ2v) is 14.1. The van der Waals surface area contributed by atoms with Crippen LogP contribution in [0.25, 0.3) is 0 Å². The third kappa shape index (κ3) is 5.78. The summed E-state index contributed by atoms with van der Waals surface area (Å²) in [5.74, 6) is 0. The molecule has 2 atom stereocenters. The van der Waals surface area contributed by atoms with E-state index in [1.54, 1.807) is 0 Å². The van der Waals surface area contributed by atoms with E-state index in [9.17, 15) is 4.79 Å². The molecule has 0 radical (unpaired) electrons. The molecule has 1 saturated heterocycles. The molecule has 0 aromatic rings. The normalized spacial score (nSPS) is 23.3. The Hall–Kier alpha value is -0.553. The maximum atomic E-state index is 12.5. The number of rotatable bonds is 4. The molecule has 0 spiro atoms. The Morgan fingerprint density at radius 2 is 1.74 bits per heavy atom. The average molecular weight is 344 g/mol. The number of ether oxygens (including phenoxy) is 1. The molecule has 0 aliphatic carbocycles. The van der Waals surface area contributed by atoms with Crippen LogP contribution in [-0.2, 0) is 9.16 Å². The minimum absolute atomic E-state index is 0.139. The molecule has 23 heavy (non-hydrogen) atoms. The zero-order valence-electron chi connectivity index (χ0n) is 16.7. The summed E-state index contributed by atoms with van der Waals surface area (Å²) in [6.45, 7) is 19.9. The van der Waals surface area contributed by atoms with Crippen molar-refractivity contribution in [2.75, 3.05) is 6.54 Å². The van der Waals surface area contributed by atoms with Gasteiger partial charge in [0.05, 0.1) is 6.10 Å². The number of hydrogen-bond donors (Lipinski definition) is 0. The summed E-state index contributed by atoms with van der Waals surface area (Å²) in [7, 11) is -1.81. The van der Waals surface area contributed by atoms with Gasteiger partial charge >= 0.3 is 6.09 Å². The van der Waals surface area contributed by atoms with Gasteiger partial charge in [0.2, 0.25) is 0 Å². The lowest BCUT2D eigenvalue weighted by Crippen LogP contribution is -2.45. The van der Waals surface area contributed by atoms with Gasteiger partial charge in [0.15, 0.2) is 8.32 Å². The molecular weight excluding hydrogens is 306 g/mol. The van der Waals surface area contributed by atoms with Gasteiger partial charge in [0, 0.05) is 12.6 Å². The summed E-state index contributed by atoms with van der Waals surface area (Å²) in [6.07, 6.45) is 2.95. The molecule has 0 N–H and O–H groups in total. The Morgan fingerprint density at radius 3 is 2.17 bits per heavy atom. The van der Waals surface area contributed by atoms with Crippen LogP contribution in [-0.4, -0.2) is 43.6 Å². The monoisotopic (exact) mass is 343 g/mol. The molecule has 1 aliphatic rings. The fourth-order valence-corrected chi connectivity index (χ4v) is 4.06. The number of nitrogens with zero attached hydrogens (tertiary/aromatic N) is 1. The molecule has 1 aliphatic heterocycles. The largest absolute Gasteiger partial charge is 0.444 e. The number of likely N-dealkylation sites (tertiary alicyclic amines) is 1. The summed E-state index contributed by atoms with van der Waals surface area (Å²) < 4.78 is 12.1. The first kappa shape index (κ1) is 20.5. The zero-order chi connectivity index (χ0) is 18.1. The van der Waals surface area contributed by atoms with Crippen molar-refractivity contribution < 1.29 is 14.0 Å². The van der Waals surface area contributed by atoms with Gasteiger partial charge in [0.1, 0.15) is 5.60 Å². The number of hydrogen-bond acceptors (Lipinski definition) is 3. The van der Waals surface area contributed by atoms with Crippen molar-refractivity contribution in [2.45, 2.75) is 104 Å². The molecule has 136 valence electrons. The summed E-state index contributed by atoms with van der Waals surface area (Å²) in [5, 5.41) is 0.187. The standard InChI is InChI=1S/C18H37NO3Si/c1-10-11-14-12-15(22-23(8,9)18(5,6)7)13-19(14)16(20)21-17(2,3)4/h14-15H,10-13H2,1-9H3. The summed E-state index contributed by atoms with van der Waals surface area (Å²) in [6, 6.07) is 0.240. The van der Waals surface area contributed by atoms with E-state index in [-0.39, 0.29) is 23.3 Å². The van der Waals surface area contributed by atoms with Crippen molar-refractivity contribution in [3.8, 4) is 0 Å². The molecule has 0 bridgehead atoms. The minimum atomic E-state index is -1.81. The quantitative estimate of drug-likeness (QED) is 0.660. The number of carbonyl (C=O) groups excluding carboxylic acids is 1. The highest BCUT2D eigenvalue weighted by Gasteiger charge is 2.44. The maximum absolute atomic E-state index is 12.5. The summed E-state index contributed by atoms with van der Waals surface area (Å²) in [5.41, 5.74) is -0.452. The summed E-state index contributed by atoms with van der Waals surface area (Å²) in [4.78, 5) is 14.4. The fourth-order valence-electron chi connectivity index (χ4n) is 2.70. The molecule has 0 saturated carbocycles. The van der Waals surface area contributed by atoms with Gasteiger partial charge in [-0.2, -0.15) is 0 Å². The van der Waals surface area contributed by atoms with E-state index in [1.807, 2.05) is 25.7 Å². The second-order valence-electron chi connectivity index (χ2n) is 9.31. The fraction of sp³-hybridized carbons (Fsp3) is 0.944. The topological polar surface area (TPSA) is 38.8 Å². The van der Waals surface area contributed by atoms with Gasteiger partial charge in [-0.1, -0.05) is 34.1 Å². The second kappa shape index (κ2) is 7.14. The lowest BCUT2D eigenvalue weighted by Gasteiger charge is -2.38. The van der Waals surface area contributed by atoms with Gasteiger partial charge in [0.25, 0.3) is 0 Å². The molecule has 1 fully saturated rings. The zero-order valence-corrected chi connectivity index (χ0v) is 17.7. The highest BCUT2D eigenvalue weighted by atomic mass is 28.4. The van der Waals surface area contributed by atoms with Gasteiger partial charge in [-0.25, -0.2) is 4.79 Å². The van der Waals surface area contributed by atoms with Crippen LogP contribution < -0.4 is 0 Å². The number of amides is 1. The molecule has 1 rings (SSSR count). The first-order chi connectivity index (χ1) is 10.3. The van der Waals surface area contributed by atoms with Gasteiger partial charge in [-0.05, 0) is 51.7 Å². The predicted molar refractivity (Wildman–Crippen MR) is 98.3 cm³/mol. The molecule has 0 aromatic heterocycles. The van der Waals surface area contributed by atoms with Gasteiger partial charge < -0.3 is 14.1 Å². The van der Waals surface area contributed by atoms with Crippen LogP contribution in [0.4, 0.5) is 4.79 Å². The highest BCUT2D eigenvalue weighted by Crippen LogP contribution is 2.39. The molecule has 0 aromatic carbocycles. The first-order valence-electron chi connectivity index (χ1n) is 8.94. The number of carbonyl (C=O) groups is 1. The Labute approximate surface area is 144 Å². The van der Waals surface area contributed by atoms with Crippen LogP contribution in [0.15, 0.2) is 0 Å². The van der Waals surface area contributed by atoms with Crippen LogP contribution >= 0.6 is 0 Å². The van der Waals surface area contributed by atoms with Crippen LogP contribution in [0.2, 0.25) is 18.1 Å². The molecule has 1 heterocycles. The third-order valence-electron chi connectivity index (χ3n) is 4.89. The van der Waals surface area contributed by atoms with Crippen molar-refractivity contribution in [3.63, 3.8) is 0 Å². The van der Waals surface area contributed by atoms with Crippen molar-refractivity contribution in [3.05, 3.63) is 0 Å². The highest BCUT2D eigenvalue weighted by molar-refractivity contribution is 6.74. The molecule has 1 amide bonds. The van der Waals surface area contributed by atoms with E-state index in [0.29, 0.717) is 6.54 Å². The molecular formula is C18H37NO3Si. The molecule has 4 nitrogen and oxygen atoms in total. The van der Waals surface area contributed by atoms with Crippen molar-refractivity contribution in [1.82, 2.24) is 4.90 Å². The molecule has 2 unspecified atom stereocenters. The Morgan fingerprint density at radius 1 is 1.17 bits per heavy atom. The predicted octanol–water partition coefficient (Wildman–Crippen LogP) is 5.19. The van der Waals surface area contributed by atoms with E-state index in [1.165, 1.54) is 0 Å². The van der Waals surface area contributed by atoms with E-state index in [2.05, 4.69) is 40.8 Å². The van der Waals surface area contributed by atoms with E-state index in [4.69, 9.17) is 9.16 Å². The molecule has 5 heteroatoms. The minimum Gasteiger partial charge on any atom is -0.444 e. The van der Waals surface area contributed by atoms with Crippen LogP contribution in [0, 0.1) is 0 Å². The SMILES string of the molecule is CCCC1CC(O[Si](C)(C)C(C)(C)C)CN1C(=O)OC(C)(C)C. The van der Waals surface area contributed by atoms with E-state index >= 15 is 0 Å². The third-order valence-corrected chi connectivity index (χ3v) is 9.43. The summed E-state index contributed by atoms with van der Waals surface area (Å²) >= 11 is 0. The van der Waals surface area contributed by atoms with Crippen LogP contribution in [0.3, 0.4) is 0 Å². The van der Waals surface area contributed by atoms with Crippen molar-refractivity contribution >= 4 is 14.4 Å². The lowest BCUT2D eigenvalue weighted by molar-refractivity contribution is 0.0204. The Bertz CT molecular complexity index is 409. The van der Waals surface area contributed by atoms with Gasteiger partial charge in [-0.15, -0.1) is 0 Å². The van der Waals surface area contributed by atoms with Crippen molar-refractivity contribution in [1.29, 1.82) is 0 Å². The average Bonchev–Trinajstić information content (AvgIpc) is 2.68. The first-order valence-corrected chi connectivity index (χ1v) is 11.8. The van der Waals surface area contributed by atoms with Crippen LogP contribution in [0.1, 0.15) is 67.7 Å². The Balaban J connectivity index is 2.80. The van der Waals surface area contributed by atoms with E-state index < -0.39 is 13.9 Å². The van der Waals surface area contributed by atoms with Crippen molar-refractivity contribution in [2.24, 2.45) is 0 Å². The lowest BCUT2D eigenvalue weighted by atomic mass is 10.1.